The Morgan fingerprint density at radius 2 is 1.93 bits per heavy atom. The molecule has 246 valence electrons. The summed E-state index contributed by atoms with van der Waals surface area (Å²) in [6.07, 6.45) is 3.17. The number of esters is 1. The van der Waals surface area contributed by atoms with Crippen LogP contribution in [0.4, 0.5) is 0 Å². The second kappa shape index (κ2) is 14.2. The number of nitrogens with one attached hydrogen (secondary N) is 1. The Hall–Kier alpha value is -3.02. The molecule has 3 aliphatic rings. The summed E-state index contributed by atoms with van der Waals surface area (Å²) in [6.45, 7) is 15.3. The Bertz CT molecular complexity index is 1280. The van der Waals surface area contributed by atoms with E-state index in [1.165, 1.54) is 4.90 Å². The molecule has 3 saturated heterocycles. The number of hydrogen-bond donors (Lipinski definition) is 2. The maximum absolute atomic E-state index is 14.4. The number of fused-ring (bicyclic) bond motifs is 1. The molecule has 3 amide bonds. The molecule has 0 saturated carbocycles. The SMILES string of the molecule is C=CCCC(=O)N[C@H](C)[C@@H](OC(=O)[C@H]1[C@@H]2O[C@@]3(CC2Br)[C@@H]1C(=O)N(CCCO)[C@@H]3C(=O)N(CC=C)C(C)(C)C)c1ccccc1. The zero-order chi connectivity index (χ0) is 33.1. The highest BCUT2D eigenvalue weighted by atomic mass is 79.9. The molecule has 0 aliphatic carbocycles. The highest BCUT2D eigenvalue weighted by Gasteiger charge is 2.77. The quantitative estimate of drug-likeness (QED) is 0.174. The molecule has 3 heterocycles. The van der Waals surface area contributed by atoms with Gasteiger partial charge in [-0.25, -0.2) is 0 Å². The molecule has 0 radical (unpaired) electrons. The summed E-state index contributed by atoms with van der Waals surface area (Å²) in [5.74, 6) is -3.40. The van der Waals surface area contributed by atoms with Crippen molar-refractivity contribution in [1.82, 2.24) is 15.1 Å². The number of aliphatic hydroxyl groups excluding tert-OH is 1. The van der Waals surface area contributed by atoms with Crippen LogP contribution in [0.2, 0.25) is 0 Å². The molecule has 2 bridgehead atoms. The van der Waals surface area contributed by atoms with Gasteiger partial charge in [-0.05, 0) is 52.5 Å². The summed E-state index contributed by atoms with van der Waals surface area (Å²) in [5.41, 5.74) is -1.15. The summed E-state index contributed by atoms with van der Waals surface area (Å²) in [7, 11) is 0. The van der Waals surface area contributed by atoms with Crippen LogP contribution in [0.5, 0.6) is 0 Å². The lowest BCUT2D eigenvalue weighted by Crippen LogP contribution is -2.60. The van der Waals surface area contributed by atoms with Crippen molar-refractivity contribution in [2.45, 2.75) is 93.6 Å². The predicted octanol–water partition coefficient (Wildman–Crippen LogP) is 3.69. The van der Waals surface area contributed by atoms with Gasteiger partial charge < -0.3 is 29.7 Å². The maximum Gasteiger partial charge on any atom is 0.313 e. The Kier molecular flexibility index (Phi) is 11.0. The number of halogens is 1. The Morgan fingerprint density at radius 1 is 1.24 bits per heavy atom. The standard InChI is InChI=1S/C34H46BrN3O7/c1-7-9-16-24(40)36-21(3)27(22-14-11-10-12-15-22)44-32(43)25-26-30(41)37(18-13-19-39)29(34(26)20-23(35)28(25)45-34)31(42)38(17-8-2)33(4,5)6/h7-8,10-12,14-15,21,23,25-29,39H,1-2,9,13,16-20H2,3-6H3,(H,36,40)/t21-,23?,25-,26+,27-,28-,29-,34+/m1/s1. The van der Waals surface area contributed by atoms with Gasteiger partial charge >= 0.3 is 5.97 Å². The Morgan fingerprint density at radius 3 is 2.53 bits per heavy atom. The van der Waals surface area contributed by atoms with Crippen molar-refractivity contribution in [3.8, 4) is 0 Å². The van der Waals surface area contributed by atoms with Crippen molar-refractivity contribution in [2.75, 3.05) is 19.7 Å². The summed E-state index contributed by atoms with van der Waals surface area (Å²) in [6, 6.07) is 7.58. The van der Waals surface area contributed by atoms with Crippen molar-refractivity contribution in [1.29, 1.82) is 0 Å². The second-order valence-electron chi connectivity index (χ2n) is 13.1. The number of ether oxygens (including phenoxy) is 2. The van der Waals surface area contributed by atoms with E-state index in [0.29, 0.717) is 18.4 Å². The molecule has 1 aromatic rings. The van der Waals surface area contributed by atoms with Crippen LogP contribution < -0.4 is 5.32 Å². The molecule has 2 N–H and O–H groups in total. The molecule has 0 aromatic heterocycles. The fourth-order valence-corrected chi connectivity index (χ4v) is 8.01. The normalized spacial score (nSPS) is 28.3. The van der Waals surface area contributed by atoms with Crippen molar-refractivity contribution in [3.05, 3.63) is 61.2 Å². The van der Waals surface area contributed by atoms with E-state index in [9.17, 15) is 24.3 Å². The summed E-state index contributed by atoms with van der Waals surface area (Å²) >= 11 is 3.70. The fraction of sp³-hybridized carbons (Fsp3) is 0.588. The second-order valence-corrected chi connectivity index (χ2v) is 14.3. The average molecular weight is 689 g/mol. The number of carbonyl (C=O) groups excluding carboxylic acids is 4. The third-order valence-corrected chi connectivity index (χ3v) is 9.87. The zero-order valence-corrected chi connectivity index (χ0v) is 28.2. The number of benzene rings is 1. The highest BCUT2D eigenvalue weighted by molar-refractivity contribution is 9.09. The number of carbonyl (C=O) groups is 4. The molecular formula is C34H46BrN3O7. The third-order valence-electron chi connectivity index (χ3n) is 9.03. The van der Waals surface area contributed by atoms with Gasteiger partial charge in [-0.2, -0.15) is 0 Å². The number of allylic oxidation sites excluding steroid dienone is 1. The van der Waals surface area contributed by atoms with Crippen molar-refractivity contribution in [2.24, 2.45) is 11.8 Å². The largest absolute Gasteiger partial charge is 0.455 e. The molecule has 3 fully saturated rings. The van der Waals surface area contributed by atoms with Crippen molar-refractivity contribution < 1.29 is 33.8 Å². The van der Waals surface area contributed by atoms with E-state index < -0.39 is 53.2 Å². The molecule has 45 heavy (non-hydrogen) atoms. The van der Waals surface area contributed by atoms with Gasteiger partial charge in [0.05, 0.1) is 24.0 Å². The van der Waals surface area contributed by atoms with E-state index in [1.54, 1.807) is 24.0 Å². The molecule has 10 nitrogen and oxygen atoms in total. The van der Waals surface area contributed by atoms with E-state index in [2.05, 4.69) is 34.4 Å². The summed E-state index contributed by atoms with van der Waals surface area (Å²) < 4.78 is 12.8. The van der Waals surface area contributed by atoms with Gasteiger partial charge in [-0.1, -0.05) is 58.4 Å². The number of nitrogens with zero attached hydrogens (tertiary/aromatic N) is 2. The van der Waals surface area contributed by atoms with Gasteiger partial charge in [0.15, 0.2) is 0 Å². The topological polar surface area (TPSA) is 125 Å². The minimum Gasteiger partial charge on any atom is -0.455 e. The number of aliphatic hydroxyl groups is 1. The molecule has 1 aromatic carbocycles. The lowest BCUT2D eigenvalue weighted by atomic mass is 9.70. The third kappa shape index (κ3) is 6.76. The van der Waals surface area contributed by atoms with E-state index in [4.69, 9.17) is 9.47 Å². The first-order chi connectivity index (χ1) is 21.3. The van der Waals surface area contributed by atoms with Crippen LogP contribution in [0.25, 0.3) is 0 Å². The van der Waals surface area contributed by atoms with Crippen LogP contribution in [-0.2, 0) is 28.7 Å². The number of alkyl halides is 1. The molecular weight excluding hydrogens is 642 g/mol. The zero-order valence-electron chi connectivity index (χ0n) is 26.6. The minimum atomic E-state index is -1.26. The van der Waals surface area contributed by atoms with E-state index in [-0.39, 0.29) is 55.1 Å². The first-order valence-electron chi connectivity index (χ1n) is 15.6. The fourth-order valence-electron chi connectivity index (χ4n) is 7.07. The number of hydrogen-bond acceptors (Lipinski definition) is 7. The number of amides is 3. The molecule has 4 rings (SSSR count). The Balaban J connectivity index is 1.70. The molecule has 8 atom stereocenters. The van der Waals surface area contributed by atoms with Crippen LogP contribution in [0.15, 0.2) is 55.6 Å². The molecule has 3 aliphatic heterocycles. The summed E-state index contributed by atoms with van der Waals surface area (Å²) in [5, 5.41) is 12.6. The summed E-state index contributed by atoms with van der Waals surface area (Å²) in [4.78, 5) is 58.4. The minimum absolute atomic E-state index is 0.138. The Labute approximate surface area is 274 Å². The first kappa shape index (κ1) is 34.8. The van der Waals surface area contributed by atoms with Gasteiger partial charge in [0.25, 0.3) is 0 Å². The van der Waals surface area contributed by atoms with Crippen LogP contribution in [0.3, 0.4) is 0 Å². The maximum atomic E-state index is 14.4. The van der Waals surface area contributed by atoms with Crippen molar-refractivity contribution >= 4 is 39.6 Å². The monoisotopic (exact) mass is 687 g/mol. The van der Waals surface area contributed by atoms with Gasteiger partial charge in [0.2, 0.25) is 17.7 Å². The van der Waals surface area contributed by atoms with Gasteiger partial charge in [-0.3, -0.25) is 19.2 Å². The van der Waals surface area contributed by atoms with Crippen LogP contribution >= 0.6 is 15.9 Å². The average Bonchev–Trinajstić information content (AvgIpc) is 3.58. The first-order valence-corrected chi connectivity index (χ1v) is 16.5. The van der Waals surface area contributed by atoms with Crippen LogP contribution in [0.1, 0.15) is 65.0 Å². The van der Waals surface area contributed by atoms with E-state index in [1.807, 2.05) is 51.1 Å². The lowest BCUT2D eigenvalue weighted by molar-refractivity contribution is -0.162. The van der Waals surface area contributed by atoms with Gasteiger partial charge in [-0.15, -0.1) is 13.2 Å². The molecule has 1 spiro atoms. The molecule has 1 unspecified atom stereocenters. The number of rotatable bonds is 14. The lowest BCUT2D eigenvalue weighted by Gasteiger charge is -2.42. The van der Waals surface area contributed by atoms with E-state index >= 15 is 0 Å². The van der Waals surface area contributed by atoms with E-state index in [0.717, 1.165) is 0 Å². The van der Waals surface area contributed by atoms with Crippen LogP contribution in [-0.4, -0.2) is 92.4 Å². The number of likely N-dealkylation sites (tertiary alicyclic amines) is 1. The smallest absolute Gasteiger partial charge is 0.313 e. The van der Waals surface area contributed by atoms with Crippen LogP contribution in [0, 0.1) is 11.8 Å². The molecule has 11 heteroatoms. The van der Waals surface area contributed by atoms with Gasteiger partial charge in [0, 0.05) is 36.5 Å². The van der Waals surface area contributed by atoms with Gasteiger partial charge in [0.1, 0.15) is 17.7 Å². The van der Waals surface area contributed by atoms with Crippen molar-refractivity contribution in [3.63, 3.8) is 0 Å². The highest BCUT2D eigenvalue weighted by Crippen LogP contribution is 2.60. The predicted molar refractivity (Wildman–Crippen MR) is 173 cm³/mol.